The van der Waals surface area contributed by atoms with Gasteiger partial charge >= 0.3 is 0 Å². The highest BCUT2D eigenvalue weighted by atomic mass is 79.9. The first-order valence-corrected chi connectivity index (χ1v) is 8.56. The maximum atomic E-state index is 12.3. The number of sulfonamides is 1. The molecule has 0 saturated heterocycles. The number of nitrogens with one attached hydrogen (secondary N) is 2. The Balaban J connectivity index is 2.29. The molecule has 0 fully saturated rings. The van der Waals surface area contributed by atoms with Crippen LogP contribution < -0.4 is 10.0 Å². The van der Waals surface area contributed by atoms with Crippen molar-refractivity contribution < 1.29 is 8.42 Å². The molecule has 0 bridgehead atoms. The Labute approximate surface area is 132 Å². The second-order valence-corrected chi connectivity index (χ2v) is 6.81. The number of nitrogens with zero attached hydrogens (tertiary/aromatic N) is 2. The molecule has 0 spiro atoms. The van der Waals surface area contributed by atoms with Gasteiger partial charge in [-0.15, -0.1) is 0 Å². The van der Waals surface area contributed by atoms with Crippen LogP contribution in [0.2, 0.25) is 0 Å². The summed E-state index contributed by atoms with van der Waals surface area (Å²) in [4.78, 5) is 8.36. The van der Waals surface area contributed by atoms with Crippen LogP contribution >= 0.6 is 15.9 Å². The van der Waals surface area contributed by atoms with Crippen molar-refractivity contribution in [1.82, 2.24) is 9.97 Å². The van der Waals surface area contributed by atoms with Crippen LogP contribution in [0, 0.1) is 6.92 Å². The van der Waals surface area contributed by atoms with Crippen LogP contribution in [0.3, 0.4) is 0 Å². The van der Waals surface area contributed by atoms with E-state index in [4.69, 9.17) is 0 Å². The summed E-state index contributed by atoms with van der Waals surface area (Å²) in [5, 5.41) is 2.98. The Bertz CT molecular complexity index is 750. The normalized spacial score (nSPS) is 11.2. The van der Waals surface area contributed by atoms with E-state index >= 15 is 0 Å². The van der Waals surface area contributed by atoms with Gasteiger partial charge in [-0.2, -0.15) is 0 Å². The lowest BCUT2D eigenvalue weighted by Gasteiger charge is -2.09. The van der Waals surface area contributed by atoms with Gasteiger partial charge in [-0.3, -0.25) is 4.72 Å². The van der Waals surface area contributed by atoms with Gasteiger partial charge < -0.3 is 5.32 Å². The third-order valence-corrected chi connectivity index (χ3v) is 4.85. The topological polar surface area (TPSA) is 84.0 Å². The Morgan fingerprint density at radius 2 is 2.00 bits per heavy atom. The maximum absolute atomic E-state index is 12.3. The summed E-state index contributed by atoms with van der Waals surface area (Å²) in [6.45, 7) is 4.37. The molecule has 6 nitrogen and oxygen atoms in total. The third kappa shape index (κ3) is 3.92. The van der Waals surface area contributed by atoms with Crippen LogP contribution in [-0.2, 0) is 10.0 Å². The molecule has 0 aliphatic heterocycles. The van der Waals surface area contributed by atoms with Crippen LogP contribution in [0.25, 0.3) is 0 Å². The van der Waals surface area contributed by atoms with Crippen molar-refractivity contribution in [3.63, 3.8) is 0 Å². The Kier molecular flexibility index (Phi) is 4.79. The summed E-state index contributed by atoms with van der Waals surface area (Å²) in [5.74, 6) is 0.790. The highest BCUT2D eigenvalue weighted by molar-refractivity contribution is 9.10. The molecule has 2 aromatic rings. The maximum Gasteiger partial charge on any atom is 0.263 e. The quantitative estimate of drug-likeness (QED) is 0.845. The fourth-order valence-corrected chi connectivity index (χ4v) is 2.89. The highest BCUT2D eigenvalue weighted by Crippen LogP contribution is 2.20. The van der Waals surface area contributed by atoms with Gasteiger partial charge in [-0.25, -0.2) is 18.4 Å². The standard InChI is InChI=1S/C13H15BrN4O2S/c1-3-15-13-8-10(6-7-16-13)21(19,20)18-12-5-4-11(14)9(2)17-12/h4-8H,3H2,1-2H3,(H,15,16)(H,17,18). The molecule has 0 amide bonds. The molecule has 0 radical (unpaired) electrons. The summed E-state index contributed by atoms with van der Waals surface area (Å²) in [6, 6.07) is 6.27. The molecule has 112 valence electrons. The zero-order chi connectivity index (χ0) is 15.5. The number of rotatable bonds is 5. The molecule has 0 unspecified atom stereocenters. The average molecular weight is 371 g/mol. The SMILES string of the molecule is CCNc1cc(S(=O)(=O)Nc2ccc(Br)c(C)n2)ccn1. The van der Waals surface area contributed by atoms with Gasteiger partial charge in [0.2, 0.25) is 0 Å². The number of aromatic nitrogens is 2. The molecule has 0 aliphatic carbocycles. The molecule has 0 saturated carbocycles. The second kappa shape index (κ2) is 6.40. The first-order valence-electron chi connectivity index (χ1n) is 6.28. The zero-order valence-corrected chi connectivity index (χ0v) is 14.0. The van der Waals surface area contributed by atoms with Crippen LogP contribution in [-0.4, -0.2) is 24.9 Å². The Morgan fingerprint density at radius 1 is 1.24 bits per heavy atom. The molecule has 2 heterocycles. The van der Waals surface area contributed by atoms with Gasteiger partial charge in [0.05, 0.1) is 10.6 Å². The van der Waals surface area contributed by atoms with Crippen LogP contribution in [0.5, 0.6) is 0 Å². The first-order chi connectivity index (χ1) is 9.92. The first kappa shape index (κ1) is 15.7. The van der Waals surface area contributed by atoms with Crippen molar-refractivity contribution in [2.24, 2.45) is 0 Å². The average Bonchev–Trinajstić information content (AvgIpc) is 2.43. The monoisotopic (exact) mass is 370 g/mol. The van der Waals surface area contributed by atoms with Crippen molar-refractivity contribution >= 4 is 37.6 Å². The molecule has 0 aromatic carbocycles. The van der Waals surface area contributed by atoms with Crippen molar-refractivity contribution in [2.75, 3.05) is 16.6 Å². The van der Waals surface area contributed by atoms with Gasteiger partial charge in [0.1, 0.15) is 11.6 Å². The van der Waals surface area contributed by atoms with Crippen molar-refractivity contribution in [2.45, 2.75) is 18.7 Å². The fraction of sp³-hybridized carbons (Fsp3) is 0.231. The number of aryl methyl sites for hydroxylation is 1. The van der Waals surface area contributed by atoms with E-state index in [9.17, 15) is 8.42 Å². The van der Waals surface area contributed by atoms with Gasteiger partial charge in [-0.05, 0) is 48.0 Å². The lowest BCUT2D eigenvalue weighted by molar-refractivity contribution is 0.601. The van der Waals surface area contributed by atoms with Gasteiger partial charge in [-0.1, -0.05) is 0 Å². The van der Waals surface area contributed by atoms with Crippen molar-refractivity contribution in [1.29, 1.82) is 0 Å². The Hall–Kier alpha value is -1.67. The molecule has 8 heteroatoms. The Morgan fingerprint density at radius 3 is 2.67 bits per heavy atom. The molecule has 0 atom stereocenters. The largest absolute Gasteiger partial charge is 0.370 e. The van der Waals surface area contributed by atoms with Crippen LogP contribution in [0.15, 0.2) is 39.8 Å². The molecule has 0 aliphatic rings. The van der Waals surface area contributed by atoms with Gasteiger partial charge in [0.15, 0.2) is 0 Å². The summed E-state index contributed by atoms with van der Waals surface area (Å²) >= 11 is 3.32. The van der Waals surface area contributed by atoms with E-state index in [2.05, 4.69) is 35.9 Å². The van der Waals surface area contributed by atoms with E-state index in [1.54, 1.807) is 19.1 Å². The lowest BCUT2D eigenvalue weighted by atomic mass is 10.4. The summed E-state index contributed by atoms with van der Waals surface area (Å²) in [7, 11) is -3.69. The molecular formula is C13H15BrN4O2S. The van der Waals surface area contributed by atoms with Crippen molar-refractivity contribution in [3.8, 4) is 0 Å². The lowest BCUT2D eigenvalue weighted by Crippen LogP contribution is -2.15. The number of hydrogen-bond donors (Lipinski definition) is 2. The minimum Gasteiger partial charge on any atom is -0.370 e. The molecular weight excluding hydrogens is 356 g/mol. The van der Waals surface area contributed by atoms with E-state index in [1.807, 2.05) is 6.92 Å². The smallest absolute Gasteiger partial charge is 0.263 e. The molecule has 2 N–H and O–H groups in total. The third-order valence-electron chi connectivity index (χ3n) is 2.66. The van der Waals surface area contributed by atoms with Crippen LogP contribution in [0.1, 0.15) is 12.6 Å². The second-order valence-electron chi connectivity index (χ2n) is 4.28. The van der Waals surface area contributed by atoms with Gasteiger partial charge in [0, 0.05) is 23.3 Å². The number of halogens is 1. The minimum absolute atomic E-state index is 0.135. The zero-order valence-electron chi connectivity index (χ0n) is 11.6. The number of anilines is 2. The van der Waals surface area contributed by atoms with E-state index in [0.717, 1.165) is 4.47 Å². The van der Waals surface area contributed by atoms with Crippen molar-refractivity contribution in [3.05, 3.63) is 40.6 Å². The molecule has 2 aromatic heterocycles. The van der Waals surface area contributed by atoms with E-state index in [1.165, 1.54) is 18.3 Å². The molecule has 21 heavy (non-hydrogen) atoms. The van der Waals surface area contributed by atoms with Gasteiger partial charge in [0.25, 0.3) is 10.0 Å². The van der Waals surface area contributed by atoms with E-state index in [-0.39, 0.29) is 10.7 Å². The number of hydrogen-bond acceptors (Lipinski definition) is 5. The van der Waals surface area contributed by atoms with E-state index < -0.39 is 10.0 Å². The predicted octanol–water partition coefficient (Wildman–Crippen LogP) is 2.78. The molecule has 2 rings (SSSR count). The summed E-state index contributed by atoms with van der Waals surface area (Å²) in [6.07, 6.45) is 1.45. The highest BCUT2D eigenvalue weighted by Gasteiger charge is 2.16. The van der Waals surface area contributed by atoms with Crippen LogP contribution in [0.4, 0.5) is 11.6 Å². The summed E-state index contributed by atoms with van der Waals surface area (Å²) < 4.78 is 28.0. The summed E-state index contributed by atoms with van der Waals surface area (Å²) in [5.41, 5.74) is 0.707. The fourth-order valence-electron chi connectivity index (χ4n) is 1.65. The van der Waals surface area contributed by atoms with E-state index in [0.29, 0.717) is 18.1 Å². The number of pyridine rings is 2. The minimum atomic E-state index is -3.69. The predicted molar refractivity (Wildman–Crippen MR) is 85.9 cm³/mol.